The average molecular weight is 418 g/mol. The number of carbonyl (C=O) groups is 1. The summed E-state index contributed by atoms with van der Waals surface area (Å²) < 4.78 is 1.35. The van der Waals surface area contributed by atoms with E-state index in [1.807, 2.05) is 36.4 Å². The molecule has 4 aromatic carbocycles. The first-order chi connectivity index (χ1) is 15.6. The number of aromatic nitrogens is 2. The van der Waals surface area contributed by atoms with Crippen molar-refractivity contribution in [2.45, 2.75) is 0 Å². The van der Waals surface area contributed by atoms with E-state index in [4.69, 9.17) is 0 Å². The van der Waals surface area contributed by atoms with Gasteiger partial charge in [-0.3, -0.25) is 9.59 Å². The first-order valence-corrected chi connectivity index (χ1v) is 10.1. The van der Waals surface area contributed by atoms with E-state index in [1.165, 1.54) is 4.68 Å². The van der Waals surface area contributed by atoms with Crippen LogP contribution in [0.15, 0.2) is 108 Å². The molecule has 0 aliphatic rings. The van der Waals surface area contributed by atoms with Gasteiger partial charge in [-0.2, -0.15) is 9.78 Å². The van der Waals surface area contributed by atoms with Gasteiger partial charge in [0, 0.05) is 22.1 Å². The summed E-state index contributed by atoms with van der Waals surface area (Å²) in [6.07, 6.45) is 0. The van der Waals surface area contributed by atoms with Crippen LogP contribution < -0.4 is 5.56 Å². The van der Waals surface area contributed by atoms with Gasteiger partial charge in [0.05, 0.1) is 16.8 Å². The maximum absolute atomic E-state index is 13.2. The predicted molar refractivity (Wildman–Crippen MR) is 124 cm³/mol. The molecule has 0 spiro atoms. The van der Waals surface area contributed by atoms with Gasteiger partial charge in [0.1, 0.15) is 5.75 Å². The smallest absolute Gasteiger partial charge is 0.279 e. The molecular weight excluding hydrogens is 400 g/mol. The number of phenolic OH excluding ortho intramolecular Hbond substituents is 1. The average Bonchev–Trinajstić information content (AvgIpc) is 2.85. The minimum absolute atomic E-state index is 0.0826. The molecule has 0 saturated heterocycles. The number of ketones is 1. The van der Waals surface area contributed by atoms with Gasteiger partial charge in [-0.1, -0.05) is 48.5 Å². The standard InChI is InChI=1S/C27H18N2O3/c30-22-16-12-18(13-17-22)25-23-8-4-5-9-24(23)27(32)29(28-25)21-14-10-20(11-15-21)26(31)19-6-2-1-3-7-19/h1-17,30H. The van der Waals surface area contributed by atoms with Crippen LogP contribution in [-0.2, 0) is 0 Å². The van der Waals surface area contributed by atoms with Crippen molar-refractivity contribution < 1.29 is 9.90 Å². The monoisotopic (exact) mass is 418 g/mol. The maximum atomic E-state index is 13.2. The molecule has 5 rings (SSSR count). The van der Waals surface area contributed by atoms with E-state index in [1.54, 1.807) is 66.7 Å². The Morgan fingerprint density at radius 3 is 1.97 bits per heavy atom. The second-order valence-electron chi connectivity index (χ2n) is 7.40. The van der Waals surface area contributed by atoms with Crippen molar-refractivity contribution in [3.63, 3.8) is 0 Å². The quantitative estimate of drug-likeness (QED) is 0.418. The lowest BCUT2D eigenvalue weighted by molar-refractivity contribution is 0.103. The summed E-state index contributed by atoms with van der Waals surface area (Å²) in [7, 11) is 0. The van der Waals surface area contributed by atoms with Crippen molar-refractivity contribution in [1.82, 2.24) is 9.78 Å². The van der Waals surface area contributed by atoms with Gasteiger partial charge < -0.3 is 5.11 Å². The molecule has 1 heterocycles. The zero-order valence-electron chi connectivity index (χ0n) is 17.0. The van der Waals surface area contributed by atoms with Crippen LogP contribution in [0, 0.1) is 0 Å². The lowest BCUT2D eigenvalue weighted by Gasteiger charge is -2.12. The van der Waals surface area contributed by atoms with Gasteiger partial charge in [0.2, 0.25) is 0 Å². The molecule has 5 heteroatoms. The van der Waals surface area contributed by atoms with Gasteiger partial charge in [-0.15, -0.1) is 0 Å². The van der Waals surface area contributed by atoms with Crippen LogP contribution >= 0.6 is 0 Å². The molecule has 0 amide bonds. The molecule has 154 valence electrons. The van der Waals surface area contributed by atoms with Crippen LogP contribution in [0.25, 0.3) is 27.7 Å². The highest BCUT2D eigenvalue weighted by Crippen LogP contribution is 2.27. The number of rotatable bonds is 4. The van der Waals surface area contributed by atoms with Gasteiger partial charge in [-0.25, -0.2) is 0 Å². The molecule has 0 radical (unpaired) electrons. The van der Waals surface area contributed by atoms with Gasteiger partial charge in [0.25, 0.3) is 5.56 Å². The van der Waals surface area contributed by atoms with Crippen LogP contribution in [0.3, 0.4) is 0 Å². The second-order valence-corrected chi connectivity index (χ2v) is 7.40. The van der Waals surface area contributed by atoms with Crippen LogP contribution in [-0.4, -0.2) is 20.7 Å². The SMILES string of the molecule is O=C(c1ccccc1)c1ccc(-n2nc(-c3ccc(O)cc3)c3ccccc3c2=O)cc1. The lowest BCUT2D eigenvalue weighted by Crippen LogP contribution is -2.22. The van der Waals surface area contributed by atoms with E-state index < -0.39 is 0 Å². The fourth-order valence-corrected chi connectivity index (χ4v) is 3.71. The highest BCUT2D eigenvalue weighted by Gasteiger charge is 2.14. The number of benzene rings is 4. The number of fused-ring (bicyclic) bond motifs is 1. The van der Waals surface area contributed by atoms with E-state index in [2.05, 4.69) is 5.10 Å². The molecule has 5 aromatic rings. The van der Waals surface area contributed by atoms with E-state index in [9.17, 15) is 14.7 Å². The number of hydrogen-bond donors (Lipinski definition) is 1. The van der Waals surface area contributed by atoms with Crippen molar-refractivity contribution in [3.8, 4) is 22.7 Å². The molecule has 0 aliphatic heterocycles. The molecule has 1 N–H and O–H groups in total. The first-order valence-electron chi connectivity index (χ1n) is 10.1. The van der Waals surface area contributed by atoms with Crippen LogP contribution in [0.1, 0.15) is 15.9 Å². The Morgan fingerprint density at radius 1 is 0.688 bits per heavy atom. The minimum atomic E-state index is -0.245. The zero-order chi connectivity index (χ0) is 22.1. The molecule has 1 aromatic heterocycles. The van der Waals surface area contributed by atoms with Gasteiger partial charge in [0.15, 0.2) is 5.78 Å². The van der Waals surface area contributed by atoms with Crippen molar-refractivity contribution in [3.05, 3.63) is 125 Å². The Bertz CT molecular complexity index is 1490. The Hall–Kier alpha value is -4.51. The largest absolute Gasteiger partial charge is 0.508 e. The van der Waals surface area contributed by atoms with Crippen molar-refractivity contribution in [1.29, 1.82) is 0 Å². The third kappa shape index (κ3) is 3.46. The minimum Gasteiger partial charge on any atom is -0.508 e. The van der Waals surface area contributed by atoms with Crippen LogP contribution in [0.5, 0.6) is 5.75 Å². The molecule has 5 nitrogen and oxygen atoms in total. The van der Waals surface area contributed by atoms with Crippen LogP contribution in [0.2, 0.25) is 0 Å². The topological polar surface area (TPSA) is 72.2 Å². The fourth-order valence-electron chi connectivity index (χ4n) is 3.71. The summed E-state index contributed by atoms with van der Waals surface area (Å²) in [4.78, 5) is 25.9. The van der Waals surface area contributed by atoms with E-state index in [0.717, 1.165) is 10.9 Å². The number of aromatic hydroxyl groups is 1. The van der Waals surface area contributed by atoms with E-state index >= 15 is 0 Å². The molecule has 0 unspecified atom stereocenters. The number of nitrogens with zero attached hydrogens (tertiary/aromatic N) is 2. The fraction of sp³-hybridized carbons (Fsp3) is 0. The lowest BCUT2D eigenvalue weighted by atomic mass is 10.0. The molecule has 0 saturated carbocycles. The molecule has 0 atom stereocenters. The van der Waals surface area contributed by atoms with Crippen LogP contribution in [0.4, 0.5) is 0 Å². The Morgan fingerprint density at radius 2 is 1.28 bits per heavy atom. The molecule has 32 heavy (non-hydrogen) atoms. The highest BCUT2D eigenvalue weighted by atomic mass is 16.3. The summed E-state index contributed by atoms with van der Waals surface area (Å²) in [6, 6.07) is 29.9. The number of carbonyl (C=O) groups excluding carboxylic acids is 1. The van der Waals surface area contributed by atoms with Gasteiger partial charge in [-0.05, 0) is 54.6 Å². The van der Waals surface area contributed by atoms with Crippen molar-refractivity contribution in [2.24, 2.45) is 0 Å². The molecule has 0 aliphatic carbocycles. The zero-order valence-corrected chi connectivity index (χ0v) is 17.0. The summed E-state index contributed by atoms with van der Waals surface area (Å²) in [5.74, 6) is 0.0748. The summed E-state index contributed by atoms with van der Waals surface area (Å²) in [5.41, 5.74) is 2.87. The Kier molecular flexibility index (Phi) is 4.84. The molecule has 0 bridgehead atoms. The summed E-state index contributed by atoms with van der Waals surface area (Å²) in [6.45, 7) is 0. The van der Waals surface area contributed by atoms with Gasteiger partial charge >= 0.3 is 0 Å². The van der Waals surface area contributed by atoms with E-state index in [0.29, 0.717) is 27.9 Å². The maximum Gasteiger partial charge on any atom is 0.279 e. The number of hydrogen-bond acceptors (Lipinski definition) is 4. The third-order valence-electron chi connectivity index (χ3n) is 5.36. The second kappa shape index (κ2) is 7.96. The molecular formula is C27H18N2O3. The highest BCUT2D eigenvalue weighted by molar-refractivity contribution is 6.09. The summed E-state index contributed by atoms with van der Waals surface area (Å²) >= 11 is 0. The van der Waals surface area contributed by atoms with Crippen molar-refractivity contribution >= 4 is 16.6 Å². The summed E-state index contributed by atoms with van der Waals surface area (Å²) in [5, 5.41) is 15.6. The predicted octanol–water partition coefficient (Wildman–Crippen LogP) is 4.99. The molecule has 0 fully saturated rings. The third-order valence-corrected chi connectivity index (χ3v) is 5.36. The van der Waals surface area contributed by atoms with Crippen molar-refractivity contribution in [2.75, 3.05) is 0 Å². The van der Waals surface area contributed by atoms with E-state index in [-0.39, 0.29) is 17.1 Å². The normalized spacial score (nSPS) is 10.9. The number of phenols is 1. The first kappa shape index (κ1) is 19.5. The Labute approximate surface area is 183 Å². The Balaban J connectivity index is 1.63.